The van der Waals surface area contributed by atoms with Crippen molar-refractivity contribution in [2.75, 3.05) is 5.32 Å². The molecule has 21 heavy (non-hydrogen) atoms. The molecule has 0 aliphatic carbocycles. The molecule has 0 unspecified atom stereocenters. The lowest BCUT2D eigenvalue weighted by atomic mass is 10.1. The van der Waals surface area contributed by atoms with Crippen molar-refractivity contribution in [2.45, 2.75) is 12.8 Å². The summed E-state index contributed by atoms with van der Waals surface area (Å²) in [7, 11) is 0. The van der Waals surface area contributed by atoms with E-state index in [0.29, 0.717) is 11.3 Å². The van der Waals surface area contributed by atoms with Gasteiger partial charge in [-0.3, -0.25) is 9.59 Å². The van der Waals surface area contributed by atoms with Crippen LogP contribution in [0.1, 0.15) is 11.1 Å². The Bertz CT molecular complexity index is 632. The highest BCUT2D eigenvalue weighted by Gasteiger charge is 2.05. The van der Waals surface area contributed by atoms with Crippen LogP contribution in [0.5, 0.6) is 5.75 Å². The molecule has 0 aromatic heterocycles. The molecule has 0 aliphatic heterocycles. The third kappa shape index (κ3) is 4.65. The Kier molecular flexibility index (Phi) is 4.56. The van der Waals surface area contributed by atoms with Gasteiger partial charge in [0, 0.05) is 5.69 Å². The molecule has 0 heterocycles. The number of nitrogens with one attached hydrogen (secondary N) is 1. The molecule has 0 bridgehead atoms. The number of aromatic hydroxyl groups is 1. The van der Waals surface area contributed by atoms with Crippen molar-refractivity contribution in [3.05, 3.63) is 59.7 Å². The largest absolute Gasteiger partial charge is 0.508 e. The van der Waals surface area contributed by atoms with E-state index >= 15 is 0 Å². The average molecular weight is 285 g/mol. The van der Waals surface area contributed by atoms with Crippen LogP contribution < -0.4 is 5.32 Å². The third-order valence-corrected chi connectivity index (χ3v) is 2.89. The molecule has 0 saturated carbocycles. The van der Waals surface area contributed by atoms with E-state index in [-0.39, 0.29) is 24.5 Å². The fourth-order valence-corrected chi connectivity index (χ4v) is 1.88. The molecule has 2 rings (SSSR count). The Morgan fingerprint density at radius 2 is 1.38 bits per heavy atom. The number of benzene rings is 2. The molecule has 5 nitrogen and oxygen atoms in total. The van der Waals surface area contributed by atoms with E-state index in [1.165, 1.54) is 12.1 Å². The molecule has 108 valence electrons. The quantitative estimate of drug-likeness (QED) is 0.786. The van der Waals surface area contributed by atoms with Crippen molar-refractivity contribution < 1.29 is 19.8 Å². The van der Waals surface area contributed by atoms with Crippen molar-refractivity contribution in [1.29, 1.82) is 0 Å². The van der Waals surface area contributed by atoms with E-state index in [0.717, 1.165) is 5.56 Å². The summed E-state index contributed by atoms with van der Waals surface area (Å²) < 4.78 is 0. The zero-order valence-corrected chi connectivity index (χ0v) is 11.2. The predicted molar refractivity (Wildman–Crippen MR) is 78.2 cm³/mol. The molecule has 0 saturated heterocycles. The standard InChI is InChI=1S/C16H15NO4/c18-14-7-3-11(4-8-14)9-15(19)17-13-5-1-12(2-6-13)10-16(20)21/h1-8,18H,9-10H2,(H,17,19)(H,20,21). The van der Waals surface area contributed by atoms with Crippen LogP contribution in [-0.2, 0) is 22.4 Å². The number of carboxylic acid groups (broad SMARTS) is 1. The van der Waals surface area contributed by atoms with Crippen LogP contribution in [-0.4, -0.2) is 22.1 Å². The number of anilines is 1. The third-order valence-electron chi connectivity index (χ3n) is 2.89. The summed E-state index contributed by atoms with van der Waals surface area (Å²) in [4.78, 5) is 22.4. The van der Waals surface area contributed by atoms with Gasteiger partial charge in [0.2, 0.25) is 5.91 Å². The number of carbonyl (C=O) groups excluding carboxylic acids is 1. The maximum absolute atomic E-state index is 11.9. The summed E-state index contributed by atoms with van der Waals surface area (Å²) in [6.07, 6.45) is 0.166. The van der Waals surface area contributed by atoms with Gasteiger partial charge in [0.05, 0.1) is 12.8 Å². The van der Waals surface area contributed by atoms with Crippen molar-refractivity contribution in [1.82, 2.24) is 0 Å². The van der Waals surface area contributed by atoms with Gasteiger partial charge in [-0.15, -0.1) is 0 Å². The number of hydrogen-bond donors (Lipinski definition) is 3. The molecule has 0 fully saturated rings. The molecule has 2 aromatic carbocycles. The summed E-state index contributed by atoms with van der Waals surface area (Å²) in [6.45, 7) is 0. The van der Waals surface area contributed by atoms with Crippen LogP contribution >= 0.6 is 0 Å². The highest BCUT2D eigenvalue weighted by atomic mass is 16.4. The minimum absolute atomic E-state index is 0.0399. The number of amides is 1. The number of carboxylic acids is 1. The maximum atomic E-state index is 11.9. The van der Waals surface area contributed by atoms with Crippen LogP contribution in [0.2, 0.25) is 0 Å². The Labute approximate surface area is 121 Å². The van der Waals surface area contributed by atoms with Gasteiger partial charge in [-0.1, -0.05) is 24.3 Å². The first kappa shape index (κ1) is 14.6. The van der Waals surface area contributed by atoms with Gasteiger partial charge in [-0.2, -0.15) is 0 Å². The first-order chi connectivity index (χ1) is 10.0. The van der Waals surface area contributed by atoms with Crippen molar-refractivity contribution in [3.63, 3.8) is 0 Å². The smallest absolute Gasteiger partial charge is 0.307 e. The number of phenolic OH excluding ortho intramolecular Hbond substituents is 1. The summed E-state index contributed by atoms with van der Waals surface area (Å²) in [5.74, 6) is -0.904. The van der Waals surface area contributed by atoms with Crippen LogP contribution in [0.15, 0.2) is 48.5 Å². The summed E-state index contributed by atoms with van der Waals surface area (Å²) in [5.41, 5.74) is 2.10. The zero-order valence-electron chi connectivity index (χ0n) is 11.2. The fourth-order valence-electron chi connectivity index (χ4n) is 1.88. The van der Waals surface area contributed by atoms with E-state index in [1.54, 1.807) is 36.4 Å². The highest BCUT2D eigenvalue weighted by Crippen LogP contribution is 2.13. The van der Waals surface area contributed by atoms with Crippen molar-refractivity contribution >= 4 is 17.6 Å². The Morgan fingerprint density at radius 1 is 0.857 bits per heavy atom. The number of phenols is 1. The minimum atomic E-state index is -0.890. The van der Waals surface area contributed by atoms with E-state index in [9.17, 15) is 14.7 Å². The fraction of sp³-hybridized carbons (Fsp3) is 0.125. The first-order valence-electron chi connectivity index (χ1n) is 6.41. The molecule has 3 N–H and O–H groups in total. The average Bonchev–Trinajstić information content (AvgIpc) is 2.43. The molecule has 1 amide bonds. The second-order valence-corrected chi connectivity index (χ2v) is 4.66. The van der Waals surface area contributed by atoms with Crippen LogP contribution in [0, 0.1) is 0 Å². The van der Waals surface area contributed by atoms with Crippen LogP contribution in [0.4, 0.5) is 5.69 Å². The molecular formula is C16H15NO4. The molecule has 0 radical (unpaired) electrons. The summed E-state index contributed by atoms with van der Waals surface area (Å²) in [6, 6.07) is 13.1. The molecule has 0 atom stereocenters. The molecule has 0 spiro atoms. The van der Waals surface area contributed by atoms with E-state index in [2.05, 4.69) is 5.32 Å². The number of aliphatic carboxylic acids is 1. The zero-order chi connectivity index (χ0) is 15.2. The minimum Gasteiger partial charge on any atom is -0.508 e. The van der Waals surface area contributed by atoms with Gasteiger partial charge in [0.1, 0.15) is 5.75 Å². The van der Waals surface area contributed by atoms with Gasteiger partial charge in [0.15, 0.2) is 0 Å². The lowest BCUT2D eigenvalue weighted by Gasteiger charge is -2.06. The highest BCUT2D eigenvalue weighted by molar-refractivity contribution is 5.92. The van der Waals surface area contributed by atoms with E-state index in [4.69, 9.17) is 5.11 Å². The van der Waals surface area contributed by atoms with Crippen molar-refractivity contribution in [3.8, 4) is 5.75 Å². The molecule has 0 aliphatic rings. The second-order valence-electron chi connectivity index (χ2n) is 4.66. The predicted octanol–water partition coefficient (Wildman–Crippen LogP) is 2.20. The molecule has 5 heteroatoms. The van der Waals surface area contributed by atoms with Gasteiger partial charge in [-0.25, -0.2) is 0 Å². The van der Waals surface area contributed by atoms with Crippen LogP contribution in [0.25, 0.3) is 0 Å². The van der Waals surface area contributed by atoms with Gasteiger partial charge < -0.3 is 15.5 Å². The Balaban J connectivity index is 1.93. The van der Waals surface area contributed by atoms with Crippen LogP contribution in [0.3, 0.4) is 0 Å². The first-order valence-corrected chi connectivity index (χ1v) is 6.41. The van der Waals surface area contributed by atoms with E-state index < -0.39 is 5.97 Å². The monoisotopic (exact) mass is 285 g/mol. The lowest BCUT2D eigenvalue weighted by molar-refractivity contribution is -0.136. The van der Waals surface area contributed by atoms with Gasteiger partial charge in [-0.05, 0) is 35.4 Å². The number of hydrogen-bond acceptors (Lipinski definition) is 3. The van der Waals surface area contributed by atoms with Crippen molar-refractivity contribution in [2.24, 2.45) is 0 Å². The number of rotatable bonds is 5. The summed E-state index contributed by atoms with van der Waals surface area (Å²) >= 11 is 0. The van der Waals surface area contributed by atoms with Gasteiger partial charge >= 0.3 is 5.97 Å². The topological polar surface area (TPSA) is 86.6 Å². The maximum Gasteiger partial charge on any atom is 0.307 e. The Hall–Kier alpha value is -2.82. The molecular weight excluding hydrogens is 270 g/mol. The second kappa shape index (κ2) is 6.56. The normalized spacial score (nSPS) is 10.1. The summed E-state index contributed by atoms with van der Waals surface area (Å²) in [5, 5.41) is 20.6. The van der Waals surface area contributed by atoms with E-state index in [1.807, 2.05) is 0 Å². The van der Waals surface area contributed by atoms with Gasteiger partial charge in [0.25, 0.3) is 0 Å². The Morgan fingerprint density at radius 3 is 1.95 bits per heavy atom. The number of carbonyl (C=O) groups is 2. The SMILES string of the molecule is O=C(O)Cc1ccc(NC(=O)Cc2ccc(O)cc2)cc1. The molecule has 2 aromatic rings. The lowest BCUT2D eigenvalue weighted by Crippen LogP contribution is -2.14.